The molecule has 0 aromatic heterocycles. The number of ether oxygens (including phenoxy) is 2. The monoisotopic (exact) mass is 584 g/mol. The van der Waals surface area contributed by atoms with E-state index in [2.05, 4.69) is 67.7 Å². The summed E-state index contributed by atoms with van der Waals surface area (Å²) in [5, 5.41) is 33.4. The molecule has 1 aliphatic rings. The smallest absolute Gasteiger partial charge is 0.192 e. The standard InChI is InChI=1S/C30H56O7Si2/c1-27(2,3)38(8,9)36-19-24-29(7,21-35-22-34-18-23-15-13-12-14-16-23)26(17-25(32)30(24,33)20-31)37-39(10,11)28(4,5)6/h12-16,24-26,31-33H,17-22H2,1-11H3/t24-,25-,26-,29-,30+/m0/s1. The number of aliphatic hydroxyl groups excluding tert-OH is 2. The zero-order chi connectivity index (χ0) is 29.9. The van der Waals surface area contributed by atoms with Gasteiger partial charge >= 0.3 is 0 Å². The second-order valence-corrected chi connectivity index (χ2v) is 24.3. The lowest BCUT2D eigenvalue weighted by Gasteiger charge is -2.58. The largest absolute Gasteiger partial charge is 0.416 e. The van der Waals surface area contributed by atoms with Gasteiger partial charge in [-0.2, -0.15) is 0 Å². The van der Waals surface area contributed by atoms with E-state index in [1.165, 1.54) is 0 Å². The van der Waals surface area contributed by atoms with Crippen molar-refractivity contribution >= 4 is 16.6 Å². The van der Waals surface area contributed by atoms with Gasteiger partial charge in [0.1, 0.15) is 12.4 Å². The highest BCUT2D eigenvalue weighted by molar-refractivity contribution is 6.74. The SMILES string of the molecule is CC(C)(C)[Si](C)(C)OC[C@H]1[C@](C)(COCOCc2ccccc2)[C@@H](O[Si](C)(C)C(C)(C)C)C[C@H](O)[C@@]1(O)CO. The quantitative estimate of drug-likeness (QED) is 0.165. The first-order valence-electron chi connectivity index (χ1n) is 14.2. The van der Waals surface area contributed by atoms with Gasteiger partial charge < -0.3 is 33.6 Å². The van der Waals surface area contributed by atoms with Crippen LogP contribution in [-0.2, 0) is 24.9 Å². The highest BCUT2D eigenvalue weighted by Crippen LogP contribution is 2.51. The molecule has 1 aliphatic carbocycles. The van der Waals surface area contributed by atoms with Crippen LogP contribution in [0, 0.1) is 11.3 Å². The van der Waals surface area contributed by atoms with E-state index >= 15 is 0 Å². The summed E-state index contributed by atoms with van der Waals surface area (Å²) in [4.78, 5) is 0. The van der Waals surface area contributed by atoms with Crippen molar-refractivity contribution in [1.29, 1.82) is 0 Å². The van der Waals surface area contributed by atoms with Gasteiger partial charge in [-0.1, -0.05) is 78.8 Å². The number of aliphatic hydroxyl groups is 3. The van der Waals surface area contributed by atoms with Gasteiger partial charge in [-0.3, -0.25) is 0 Å². The molecule has 1 fully saturated rings. The average Bonchev–Trinajstić information content (AvgIpc) is 2.81. The van der Waals surface area contributed by atoms with Crippen LogP contribution in [0.15, 0.2) is 30.3 Å². The van der Waals surface area contributed by atoms with E-state index in [4.69, 9.17) is 18.3 Å². The third kappa shape index (κ3) is 8.02. The highest BCUT2D eigenvalue weighted by atomic mass is 28.4. The molecule has 7 nitrogen and oxygen atoms in total. The number of hydrogen-bond donors (Lipinski definition) is 3. The van der Waals surface area contributed by atoms with E-state index in [0.717, 1.165) is 5.56 Å². The molecule has 0 unspecified atom stereocenters. The molecule has 1 saturated carbocycles. The highest BCUT2D eigenvalue weighted by Gasteiger charge is 2.61. The summed E-state index contributed by atoms with van der Waals surface area (Å²) in [7, 11) is -4.46. The van der Waals surface area contributed by atoms with Crippen molar-refractivity contribution < 1.29 is 33.6 Å². The van der Waals surface area contributed by atoms with Gasteiger partial charge in [-0.15, -0.1) is 0 Å². The summed E-state index contributed by atoms with van der Waals surface area (Å²) in [6.45, 7) is 24.2. The molecular formula is C30H56O7Si2. The molecule has 0 spiro atoms. The zero-order valence-electron chi connectivity index (χ0n) is 26.3. The molecule has 0 saturated heterocycles. The van der Waals surface area contributed by atoms with Crippen LogP contribution in [0.3, 0.4) is 0 Å². The maximum Gasteiger partial charge on any atom is 0.192 e. The molecule has 0 amide bonds. The predicted octanol–water partition coefficient (Wildman–Crippen LogP) is 5.70. The fourth-order valence-corrected chi connectivity index (χ4v) is 7.17. The molecule has 1 aromatic carbocycles. The van der Waals surface area contributed by atoms with Crippen LogP contribution in [0.25, 0.3) is 0 Å². The molecule has 9 heteroatoms. The first-order valence-corrected chi connectivity index (χ1v) is 20.1. The minimum Gasteiger partial charge on any atom is -0.416 e. The fraction of sp³-hybridized carbons (Fsp3) is 0.800. The van der Waals surface area contributed by atoms with Gasteiger partial charge in [0, 0.05) is 24.4 Å². The maximum atomic E-state index is 11.8. The molecule has 0 aliphatic heterocycles. The molecule has 5 atom stereocenters. The van der Waals surface area contributed by atoms with Crippen LogP contribution in [0.1, 0.15) is 60.5 Å². The summed E-state index contributed by atoms with van der Waals surface area (Å²) in [6.07, 6.45) is -1.36. The van der Waals surface area contributed by atoms with Crippen molar-refractivity contribution in [3.63, 3.8) is 0 Å². The van der Waals surface area contributed by atoms with Gasteiger partial charge in [0.2, 0.25) is 0 Å². The van der Waals surface area contributed by atoms with E-state index in [9.17, 15) is 15.3 Å². The van der Waals surface area contributed by atoms with Gasteiger partial charge in [-0.25, -0.2) is 0 Å². The Morgan fingerprint density at radius 1 is 0.923 bits per heavy atom. The lowest BCUT2D eigenvalue weighted by atomic mass is 9.58. The van der Waals surface area contributed by atoms with Gasteiger partial charge in [-0.05, 0) is 41.8 Å². The van der Waals surface area contributed by atoms with E-state index in [0.29, 0.717) is 6.61 Å². The third-order valence-electron chi connectivity index (χ3n) is 9.75. The molecule has 39 heavy (non-hydrogen) atoms. The Balaban J connectivity index is 2.38. The van der Waals surface area contributed by atoms with Crippen LogP contribution in [0.5, 0.6) is 0 Å². The van der Waals surface area contributed by atoms with Gasteiger partial charge in [0.25, 0.3) is 0 Å². The summed E-state index contributed by atoms with van der Waals surface area (Å²) >= 11 is 0. The normalized spacial score (nSPS) is 29.0. The Morgan fingerprint density at radius 2 is 1.49 bits per heavy atom. The second-order valence-electron chi connectivity index (χ2n) is 14.7. The zero-order valence-corrected chi connectivity index (χ0v) is 28.3. The minimum atomic E-state index is -2.26. The van der Waals surface area contributed by atoms with Crippen molar-refractivity contribution in [2.24, 2.45) is 11.3 Å². The van der Waals surface area contributed by atoms with Crippen molar-refractivity contribution in [3.05, 3.63) is 35.9 Å². The molecule has 1 aromatic rings. The lowest BCUT2D eigenvalue weighted by molar-refractivity contribution is -0.248. The molecule has 226 valence electrons. The Labute approximate surface area is 239 Å². The predicted molar refractivity (Wildman–Crippen MR) is 162 cm³/mol. The van der Waals surface area contributed by atoms with Crippen LogP contribution in [0.4, 0.5) is 0 Å². The van der Waals surface area contributed by atoms with Gasteiger partial charge in [0.15, 0.2) is 16.6 Å². The van der Waals surface area contributed by atoms with Crippen LogP contribution in [-0.4, -0.2) is 76.4 Å². The molecule has 2 rings (SSSR count). The topological polar surface area (TPSA) is 97.6 Å². The van der Waals surface area contributed by atoms with E-state index in [-0.39, 0.29) is 36.5 Å². The van der Waals surface area contributed by atoms with Crippen molar-refractivity contribution in [1.82, 2.24) is 0 Å². The lowest BCUT2D eigenvalue weighted by Crippen LogP contribution is -2.69. The van der Waals surface area contributed by atoms with Crippen molar-refractivity contribution in [2.45, 2.75) is 116 Å². The molecule has 3 N–H and O–H groups in total. The second kappa shape index (κ2) is 12.7. The molecular weight excluding hydrogens is 528 g/mol. The number of hydrogen-bond acceptors (Lipinski definition) is 7. The van der Waals surface area contributed by atoms with Crippen molar-refractivity contribution in [2.75, 3.05) is 26.6 Å². The third-order valence-corrected chi connectivity index (χ3v) is 18.7. The molecule has 0 bridgehead atoms. The van der Waals surface area contributed by atoms with E-state index < -0.39 is 52.4 Å². The molecule has 0 radical (unpaired) electrons. The molecule has 0 heterocycles. The van der Waals surface area contributed by atoms with Crippen LogP contribution < -0.4 is 0 Å². The first-order chi connectivity index (χ1) is 17.7. The summed E-state index contributed by atoms with van der Waals surface area (Å²) in [6, 6.07) is 9.92. The fourth-order valence-electron chi connectivity index (χ4n) is 4.73. The Morgan fingerprint density at radius 3 is 2.00 bits per heavy atom. The number of benzene rings is 1. The minimum absolute atomic E-state index is 0.0349. The van der Waals surface area contributed by atoms with Crippen molar-refractivity contribution in [3.8, 4) is 0 Å². The summed E-state index contributed by atoms with van der Waals surface area (Å²) < 4.78 is 25.5. The Kier molecular flexibility index (Phi) is 11.3. The first kappa shape index (κ1) is 34.6. The van der Waals surface area contributed by atoms with Crippen LogP contribution >= 0.6 is 0 Å². The Hall–Kier alpha value is -0.626. The van der Waals surface area contributed by atoms with E-state index in [1.807, 2.05) is 37.3 Å². The summed E-state index contributed by atoms with van der Waals surface area (Å²) in [5.41, 5.74) is -1.45. The average molecular weight is 585 g/mol. The van der Waals surface area contributed by atoms with Gasteiger partial charge in [0.05, 0.1) is 32.0 Å². The number of rotatable bonds is 12. The van der Waals surface area contributed by atoms with E-state index in [1.54, 1.807) is 0 Å². The van der Waals surface area contributed by atoms with Crippen LogP contribution in [0.2, 0.25) is 36.3 Å². The summed E-state index contributed by atoms with van der Waals surface area (Å²) in [5.74, 6) is -0.628. The Bertz CT molecular complexity index is 897. The maximum absolute atomic E-state index is 11.8.